The molecule has 0 radical (unpaired) electrons. The lowest BCUT2D eigenvalue weighted by Crippen LogP contribution is -2.24. The van der Waals surface area contributed by atoms with Crippen molar-refractivity contribution in [2.75, 3.05) is 7.11 Å². The molecule has 2 aromatic heterocycles. The molecule has 1 N–H and O–H groups in total. The second-order valence-electron chi connectivity index (χ2n) is 3.10. The zero-order valence-corrected chi connectivity index (χ0v) is 9.37. The highest BCUT2D eigenvalue weighted by Crippen LogP contribution is 2.17. The van der Waals surface area contributed by atoms with Gasteiger partial charge in [-0.3, -0.25) is 9.20 Å². The molecule has 0 aliphatic rings. The Morgan fingerprint density at radius 1 is 1.62 bits per heavy atom. The van der Waals surface area contributed by atoms with Crippen molar-refractivity contribution < 1.29 is 14.6 Å². The van der Waals surface area contributed by atoms with E-state index in [-0.39, 0.29) is 0 Å². The van der Waals surface area contributed by atoms with Crippen LogP contribution in [0, 0.1) is 6.92 Å². The highest BCUT2D eigenvalue weighted by molar-refractivity contribution is 7.15. The molecular weight excluding hydrogens is 232 g/mol. The highest BCUT2D eigenvalue weighted by Gasteiger charge is 2.21. The van der Waals surface area contributed by atoms with Crippen LogP contribution < -0.4 is 5.56 Å². The van der Waals surface area contributed by atoms with Crippen LogP contribution in [-0.2, 0) is 4.74 Å². The van der Waals surface area contributed by atoms with Gasteiger partial charge in [0, 0.05) is 11.1 Å². The molecule has 0 spiro atoms. The first kappa shape index (κ1) is 10.6. The van der Waals surface area contributed by atoms with Crippen molar-refractivity contribution in [3.63, 3.8) is 0 Å². The number of aromatic nitrogens is 2. The van der Waals surface area contributed by atoms with Gasteiger partial charge < -0.3 is 9.84 Å². The normalized spacial score (nSPS) is 10.6. The Kier molecular flexibility index (Phi) is 2.39. The van der Waals surface area contributed by atoms with E-state index in [2.05, 4.69) is 9.72 Å². The molecule has 2 aromatic rings. The Hall–Kier alpha value is -1.89. The van der Waals surface area contributed by atoms with E-state index in [0.717, 1.165) is 7.11 Å². The third-order valence-corrected chi connectivity index (χ3v) is 3.05. The molecule has 0 amide bonds. The van der Waals surface area contributed by atoms with Crippen molar-refractivity contribution in [2.45, 2.75) is 6.92 Å². The van der Waals surface area contributed by atoms with Crippen LogP contribution in [0.25, 0.3) is 4.96 Å². The largest absolute Gasteiger partial charge is 0.492 e. The summed E-state index contributed by atoms with van der Waals surface area (Å²) in [6.07, 6.45) is 0. The minimum absolute atomic E-state index is 0.340. The fourth-order valence-electron chi connectivity index (χ4n) is 1.35. The van der Waals surface area contributed by atoms with Crippen molar-refractivity contribution in [3.8, 4) is 5.88 Å². The van der Waals surface area contributed by atoms with Crippen LogP contribution in [0.1, 0.15) is 16.1 Å². The molecule has 16 heavy (non-hydrogen) atoms. The number of carbonyl (C=O) groups is 1. The molecule has 0 fully saturated rings. The third kappa shape index (κ3) is 1.36. The number of ether oxygens (including phenoxy) is 1. The lowest BCUT2D eigenvalue weighted by molar-refractivity contribution is 0.0594. The first-order valence-corrected chi connectivity index (χ1v) is 5.22. The number of rotatable bonds is 1. The average Bonchev–Trinajstić information content (AvgIpc) is 2.59. The topological polar surface area (TPSA) is 80.9 Å². The maximum Gasteiger partial charge on any atom is 0.349 e. The standard InChI is InChI=1S/C9H8N2O4S/c1-4-3-16-9-10-6(12)5(8(14)15-2)7(13)11(4)9/h3,12H,1-2H3. The molecule has 0 aromatic carbocycles. The molecule has 0 atom stereocenters. The van der Waals surface area contributed by atoms with Crippen molar-refractivity contribution >= 4 is 22.3 Å². The van der Waals surface area contributed by atoms with Gasteiger partial charge in [0.2, 0.25) is 5.88 Å². The Bertz CT molecular complexity index is 628. The number of hydrogen-bond acceptors (Lipinski definition) is 6. The van der Waals surface area contributed by atoms with Gasteiger partial charge in [0.05, 0.1) is 7.11 Å². The summed E-state index contributed by atoms with van der Waals surface area (Å²) < 4.78 is 5.67. The fraction of sp³-hybridized carbons (Fsp3) is 0.222. The molecule has 84 valence electrons. The van der Waals surface area contributed by atoms with Gasteiger partial charge in [0.1, 0.15) is 0 Å². The number of aryl methyl sites for hydroxylation is 1. The number of hydrogen-bond donors (Lipinski definition) is 1. The molecule has 0 bridgehead atoms. The Morgan fingerprint density at radius 3 is 2.94 bits per heavy atom. The summed E-state index contributed by atoms with van der Waals surface area (Å²) in [6.45, 7) is 1.71. The summed E-state index contributed by atoms with van der Waals surface area (Å²) in [4.78, 5) is 27.3. The highest BCUT2D eigenvalue weighted by atomic mass is 32.1. The average molecular weight is 240 g/mol. The van der Waals surface area contributed by atoms with Crippen LogP contribution in [0.5, 0.6) is 5.88 Å². The number of fused-ring (bicyclic) bond motifs is 1. The first-order valence-electron chi connectivity index (χ1n) is 4.34. The number of nitrogens with zero attached hydrogens (tertiary/aromatic N) is 2. The van der Waals surface area contributed by atoms with Crippen LogP contribution in [-0.4, -0.2) is 27.6 Å². The van der Waals surface area contributed by atoms with Crippen LogP contribution in [0.4, 0.5) is 0 Å². The summed E-state index contributed by atoms with van der Waals surface area (Å²) in [5.74, 6) is -1.49. The predicted octanol–water partition coefficient (Wildman–Crippen LogP) is 0.557. The summed E-state index contributed by atoms with van der Waals surface area (Å²) in [5, 5.41) is 11.2. The number of aromatic hydroxyl groups is 1. The fourth-order valence-corrected chi connectivity index (χ4v) is 2.21. The van der Waals surface area contributed by atoms with Gasteiger partial charge in [-0.1, -0.05) is 0 Å². The summed E-state index contributed by atoms with van der Waals surface area (Å²) in [6, 6.07) is 0. The lowest BCUT2D eigenvalue weighted by Gasteiger charge is -2.02. The minimum Gasteiger partial charge on any atom is -0.492 e. The second kappa shape index (κ2) is 3.60. The molecule has 7 heteroatoms. The molecule has 6 nitrogen and oxygen atoms in total. The molecule has 2 rings (SSSR count). The molecular formula is C9H8N2O4S. The Balaban J connectivity index is 2.89. The minimum atomic E-state index is -0.894. The van der Waals surface area contributed by atoms with Gasteiger partial charge in [-0.15, -0.1) is 11.3 Å². The maximum atomic E-state index is 11.9. The van der Waals surface area contributed by atoms with Crippen molar-refractivity contribution in [1.29, 1.82) is 0 Å². The Labute approximate surface area is 93.7 Å². The summed E-state index contributed by atoms with van der Waals surface area (Å²) in [5.41, 5.74) is -0.405. The lowest BCUT2D eigenvalue weighted by atomic mass is 10.3. The second-order valence-corrected chi connectivity index (χ2v) is 3.94. The Morgan fingerprint density at radius 2 is 2.31 bits per heavy atom. The molecule has 0 aliphatic heterocycles. The van der Waals surface area contributed by atoms with Crippen LogP contribution >= 0.6 is 11.3 Å². The number of carbonyl (C=O) groups excluding carboxylic acids is 1. The molecule has 0 aliphatic carbocycles. The number of methoxy groups -OCH3 is 1. The van der Waals surface area contributed by atoms with Crippen molar-refractivity contribution in [3.05, 3.63) is 27.0 Å². The van der Waals surface area contributed by atoms with E-state index in [4.69, 9.17) is 0 Å². The van der Waals surface area contributed by atoms with E-state index in [1.54, 1.807) is 12.3 Å². The predicted molar refractivity (Wildman–Crippen MR) is 57.1 cm³/mol. The summed E-state index contributed by atoms with van der Waals surface area (Å²) >= 11 is 1.21. The number of thiazole rings is 1. The van der Waals surface area contributed by atoms with E-state index in [0.29, 0.717) is 10.7 Å². The molecule has 0 saturated carbocycles. The van der Waals surface area contributed by atoms with Crippen LogP contribution in [0.2, 0.25) is 0 Å². The van der Waals surface area contributed by atoms with Crippen molar-refractivity contribution in [2.24, 2.45) is 0 Å². The number of esters is 1. The van der Waals surface area contributed by atoms with E-state index in [1.165, 1.54) is 15.7 Å². The van der Waals surface area contributed by atoms with E-state index < -0.39 is 23.0 Å². The SMILES string of the molecule is COC(=O)c1c(O)nc2scc(C)n2c1=O. The smallest absolute Gasteiger partial charge is 0.349 e. The van der Waals surface area contributed by atoms with Crippen LogP contribution in [0.15, 0.2) is 10.2 Å². The van der Waals surface area contributed by atoms with Gasteiger partial charge in [-0.05, 0) is 6.92 Å². The monoisotopic (exact) mass is 240 g/mol. The van der Waals surface area contributed by atoms with Gasteiger partial charge in [-0.2, -0.15) is 4.98 Å². The first-order chi connectivity index (χ1) is 7.56. The van der Waals surface area contributed by atoms with Gasteiger partial charge in [-0.25, -0.2) is 4.79 Å². The van der Waals surface area contributed by atoms with E-state index in [9.17, 15) is 14.7 Å². The van der Waals surface area contributed by atoms with Gasteiger partial charge in [0.15, 0.2) is 10.5 Å². The zero-order valence-electron chi connectivity index (χ0n) is 8.55. The van der Waals surface area contributed by atoms with Gasteiger partial charge >= 0.3 is 5.97 Å². The molecule has 0 saturated heterocycles. The molecule has 2 heterocycles. The van der Waals surface area contributed by atoms with Gasteiger partial charge in [0.25, 0.3) is 5.56 Å². The third-order valence-electron chi connectivity index (χ3n) is 2.11. The van der Waals surface area contributed by atoms with Crippen molar-refractivity contribution in [1.82, 2.24) is 9.38 Å². The van der Waals surface area contributed by atoms with Crippen LogP contribution in [0.3, 0.4) is 0 Å². The quantitative estimate of drug-likeness (QED) is 0.736. The van der Waals surface area contributed by atoms with E-state index in [1.807, 2.05) is 0 Å². The zero-order chi connectivity index (χ0) is 11.9. The van der Waals surface area contributed by atoms with E-state index >= 15 is 0 Å². The molecule has 0 unspecified atom stereocenters. The maximum absolute atomic E-state index is 11.9. The summed E-state index contributed by atoms with van der Waals surface area (Å²) in [7, 11) is 1.14.